The van der Waals surface area contributed by atoms with Crippen LogP contribution in [0.2, 0.25) is 0 Å². The number of hydrogen-bond donors (Lipinski definition) is 6. The van der Waals surface area contributed by atoms with Crippen molar-refractivity contribution in [3.05, 3.63) is 0 Å². The molecule has 0 aromatic carbocycles. The summed E-state index contributed by atoms with van der Waals surface area (Å²) < 4.78 is 20.6. The molecular weight excluding hydrogens is 399 g/mol. The number of fused-ring (bicyclic) bond motifs is 1. The lowest BCUT2D eigenvalue weighted by Crippen LogP contribution is -2.56. The molecule has 0 amide bonds. The average Bonchev–Trinajstić information content (AvgIpc) is 3.03. The number of hydrogen-bond acceptors (Lipinski definition) is 12. The fraction of sp³-hybridized carbons (Fsp3) is 0.769. The van der Waals surface area contributed by atoms with Gasteiger partial charge in [-0.3, -0.25) is 14.5 Å². The topological polar surface area (TPSA) is 206 Å². The van der Waals surface area contributed by atoms with E-state index in [1.165, 1.54) is 16.4 Å². The summed E-state index contributed by atoms with van der Waals surface area (Å²) in [6, 6.07) is -0.190. The van der Waals surface area contributed by atoms with Crippen molar-refractivity contribution in [2.45, 2.75) is 50.2 Å². The van der Waals surface area contributed by atoms with Gasteiger partial charge >= 0.3 is 7.82 Å². The lowest BCUT2D eigenvalue weighted by molar-refractivity contribution is -0.165. The van der Waals surface area contributed by atoms with Crippen molar-refractivity contribution in [1.29, 1.82) is 0 Å². The first kappa shape index (κ1) is 19.8. The Morgan fingerprint density at radius 3 is 2.82 bits per heavy atom. The smallest absolute Gasteiger partial charge is 0.387 e. The monoisotopic (exact) mass is 420 g/mol. The van der Waals surface area contributed by atoms with Crippen LogP contribution < -0.4 is 5.84 Å². The zero-order valence-corrected chi connectivity index (χ0v) is 15.6. The molecular formula is C13H21N6O8P. The number of phosphoric acid groups is 1. The highest BCUT2D eigenvalue weighted by molar-refractivity contribution is 7.46. The molecule has 28 heavy (non-hydrogen) atoms. The molecule has 0 saturated carbocycles. The van der Waals surface area contributed by atoms with Gasteiger partial charge < -0.3 is 29.8 Å². The minimum atomic E-state index is -5.05. The summed E-state index contributed by atoms with van der Waals surface area (Å²) >= 11 is 0. The van der Waals surface area contributed by atoms with E-state index >= 15 is 0 Å². The van der Waals surface area contributed by atoms with Crippen LogP contribution in [0.25, 0.3) is 0 Å². The number of phosphoric ester groups is 1. The van der Waals surface area contributed by atoms with Crippen molar-refractivity contribution >= 4 is 25.8 Å². The van der Waals surface area contributed by atoms with Crippen LogP contribution in [0, 0.1) is 5.41 Å². The summed E-state index contributed by atoms with van der Waals surface area (Å²) in [5, 5.41) is 37.6. The molecule has 4 heterocycles. The van der Waals surface area contributed by atoms with Crippen molar-refractivity contribution in [3.8, 4) is 0 Å². The number of rotatable bonds is 4. The van der Waals surface area contributed by atoms with Crippen molar-refractivity contribution in [2.75, 3.05) is 6.54 Å². The molecule has 3 unspecified atom stereocenters. The molecule has 4 aliphatic rings. The van der Waals surface area contributed by atoms with Crippen LogP contribution in [0.3, 0.4) is 0 Å². The van der Waals surface area contributed by atoms with E-state index in [0.717, 1.165) is 0 Å². The second kappa shape index (κ2) is 6.52. The van der Waals surface area contributed by atoms with Gasteiger partial charge in [0.2, 0.25) is 0 Å². The SMILES string of the molecule is CC1N=CN=C2N([C@@H]3O[C@H](C(O)OP(=O)(O)O)[C@@H](O)[C@H]3O)N=C3CC21CN3N. The summed E-state index contributed by atoms with van der Waals surface area (Å²) in [6.07, 6.45) is -6.55. The number of aliphatic hydroxyl groups excluding tert-OH is 3. The van der Waals surface area contributed by atoms with Gasteiger partial charge in [0, 0.05) is 6.42 Å². The molecule has 156 valence electrons. The maximum atomic E-state index is 11.0. The molecule has 1 spiro atoms. The summed E-state index contributed by atoms with van der Waals surface area (Å²) in [7, 11) is -5.05. The Morgan fingerprint density at radius 1 is 1.43 bits per heavy atom. The van der Waals surface area contributed by atoms with E-state index in [1.807, 2.05) is 6.92 Å². The molecule has 2 saturated heterocycles. The fourth-order valence-electron chi connectivity index (χ4n) is 3.96. The Kier molecular flexibility index (Phi) is 4.61. The van der Waals surface area contributed by atoms with Gasteiger partial charge in [-0.25, -0.2) is 20.4 Å². The third kappa shape index (κ3) is 2.98. The van der Waals surface area contributed by atoms with Crippen LogP contribution in [0.15, 0.2) is 15.1 Å². The maximum Gasteiger partial charge on any atom is 0.472 e. The third-order valence-corrected chi connectivity index (χ3v) is 5.95. The summed E-state index contributed by atoms with van der Waals surface area (Å²) in [5.74, 6) is 6.95. The quantitative estimate of drug-likeness (QED) is 0.152. The summed E-state index contributed by atoms with van der Waals surface area (Å²) in [4.78, 5) is 26.3. The standard InChI is InChI=1S/C13H21N6O8P/c1-5-13-2-6(18(14)3-13)17-19(12(13)16-4-15-5)10-8(21)7(20)9(26-10)11(22)27-28(23,24)25/h4-5,7-11,20-22H,2-3,14H2,1H3,(H2,23,24,25)/t5?,7-,8+,9-,10+,11?,13?/m0/s1. The van der Waals surface area contributed by atoms with Crippen LogP contribution in [0.1, 0.15) is 13.3 Å². The number of hydrazone groups is 1. The lowest BCUT2D eigenvalue weighted by Gasteiger charge is -2.42. The van der Waals surface area contributed by atoms with Gasteiger partial charge in [0.25, 0.3) is 0 Å². The number of aliphatic hydroxyl groups is 3. The van der Waals surface area contributed by atoms with Crippen LogP contribution in [0.4, 0.5) is 0 Å². The average molecular weight is 420 g/mol. The molecule has 4 rings (SSSR count). The molecule has 0 aromatic heterocycles. The van der Waals surface area contributed by atoms with Gasteiger partial charge in [-0.2, -0.15) is 5.10 Å². The van der Waals surface area contributed by atoms with Gasteiger partial charge in [-0.05, 0) is 6.92 Å². The van der Waals surface area contributed by atoms with E-state index in [-0.39, 0.29) is 6.04 Å². The third-order valence-electron chi connectivity index (χ3n) is 5.46. The Hall–Kier alpha value is -1.48. The van der Waals surface area contributed by atoms with Gasteiger partial charge in [-0.1, -0.05) is 0 Å². The highest BCUT2D eigenvalue weighted by Crippen LogP contribution is 2.45. The molecule has 2 fully saturated rings. The first-order valence-electron chi connectivity index (χ1n) is 8.46. The number of ether oxygens (including phenoxy) is 1. The van der Waals surface area contributed by atoms with Crippen molar-refractivity contribution < 1.29 is 38.9 Å². The number of aliphatic imine (C=N–C) groups is 2. The molecule has 0 radical (unpaired) electrons. The second-order valence-corrected chi connectivity index (χ2v) is 8.37. The van der Waals surface area contributed by atoms with Gasteiger partial charge in [0.05, 0.1) is 18.0 Å². The van der Waals surface area contributed by atoms with Crippen LogP contribution >= 0.6 is 7.82 Å². The molecule has 14 nitrogen and oxygen atoms in total. The van der Waals surface area contributed by atoms with Crippen molar-refractivity contribution in [3.63, 3.8) is 0 Å². The van der Waals surface area contributed by atoms with Crippen molar-refractivity contribution in [2.24, 2.45) is 26.3 Å². The van der Waals surface area contributed by atoms with Crippen LogP contribution in [0.5, 0.6) is 0 Å². The summed E-state index contributed by atoms with van der Waals surface area (Å²) in [5.41, 5.74) is -0.603. The fourth-order valence-corrected chi connectivity index (χ4v) is 4.36. The minimum Gasteiger partial charge on any atom is -0.387 e. The Bertz CT molecular complexity index is 802. The second-order valence-electron chi connectivity index (χ2n) is 7.17. The van der Waals surface area contributed by atoms with E-state index in [2.05, 4.69) is 19.6 Å². The predicted molar refractivity (Wildman–Crippen MR) is 92.4 cm³/mol. The number of nitrogens with zero attached hydrogens (tertiary/aromatic N) is 5. The highest BCUT2D eigenvalue weighted by atomic mass is 31.2. The predicted octanol–water partition coefficient (Wildman–Crippen LogP) is -3.12. The molecule has 15 heteroatoms. The Morgan fingerprint density at radius 2 is 2.14 bits per heavy atom. The normalized spacial score (nSPS) is 41.0. The molecule has 0 aromatic rings. The number of nitrogens with two attached hydrogens (primary N) is 1. The maximum absolute atomic E-state index is 11.0. The Labute approximate surface area is 158 Å². The van der Waals surface area contributed by atoms with E-state index in [1.54, 1.807) is 0 Å². The largest absolute Gasteiger partial charge is 0.472 e. The zero-order valence-electron chi connectivity index (χ0n) is 14.7. The molecule has 2 bridgehead atoms. The summed E-state index contributed by atoms with van der Waals surface area (Å²) in [6.45, 7) is 2.28. The molecule has 0 aliphatic carbocycles. The molecule has 7 N–H and O–H groups in total. The van der Waals surface area contributed by atoms with Crippen molar-refractivity contribution in [1.82, 2.24) is 10.0 Å². The van der Waals surface area contributed by atoms with Gasteiger partial charge in [0.15, 0.2) is 12.5 Å². The lowest BCUT2D eigenvalue weighted by atomic mass is 9.77. The zero-order chi connectivity index (χ0) is 20.4. The van der Waals surface area contributed by atoms with E-state index in [4.69, 9.17) is 20.4 Å². The minimum absolute atomic E-state index is 0.190. The highest BCUT2D eigenvalue weighted by Gasteiger charge is 2.59. The number of amidine groups is 2. The number of hydrazine groups is 1. The van der Waals surface area contributed by atoms with Crippen LogP contribution in [-0.4, -0.2) is 96.6 Å². The van der Waals surface area contributed by atoms with Crippen LogP contribution in [-0.2, 0) is 13.8 Å². The van der Waals surface area contributed by atoms with E-state index < -0.39 is 44.1 Å². The van der Waals surface area contributed by atoms with Gasteiger partial charge in [0.1, 0.15) is 36.3 Å². The first-order valence-corrected chi connectivity index (χ1v) is 9.99. The van der Waals surface area contributed by atoms with E-state index in [9.17, 15) is 19.9 Å². The van der Waals surface area contributed by atoms with E-state index in [0.29, 0.717) is 24.6 Å². The first-order chi connectivity index (χ1) is 13.0. The molecule has 7 atom stereocenters. The Balaban J connectivity index is 1.65. The molecule has 4 aliphatic heterocycles. The van der Waals surface area contributed by atoms with Gasteiger partial charge in [-0.15, -0.1) is 0 Å².